The summed E-state index contributed by atoms with van der Waals surface area (Å²) in [5.41, 5.74) is 6.33. The topological polar surface area (TPSA) is 89.9 Å². The minimum Gasteiger partial charge on any atom is -0.444 e. The van der Waals surface area contributed by atoms with Gasteiger partial charge in [-0.25, -0.2) is 15.0 Å². The van der Waals surface area contributed by atoms with Crippen molar-refractivity contribution in [3.63, 3.8) is 0 Å². The lowest BCUT2D eigenvalue weighted by molar-refractivity contribution is 0.478. The van der Waals surface area contributed by atoms with E-state index >= 15 is 0 Å². The molecule has 0 spiro atoms. The van der Waals surface area contributed by atoms with Crippen LogP contribution in [0.3, 0.4) is 0 Å². The highest BCUT2D eigenvalue weighted by Gasteiger charge is 2.05. The second-order valence-corrected chi connectivity index (χ2v) is 3.43. The number of nitrogen functional groups attached to an aromatic ring is 1. The van der Waals surface area contributed by atoms with Crippen molar-refractivity contribution in [1.29, 1.82) is 0 Å². The zero-order valence-electron chi connectivity index (χ0n) is 9.19. The van der Waals surface area contributed by atoms with Crippen molar-refractivity contribution in [3.8, 4) is 0 Å². The number of nitrogens with one attached hydrogen (secondary N) is 1. The Labute approximate surface area is 92.9 Å². The summed E-state index contributed by atoms with van der Waals surface area (Å²) in [4.78, 5) is 12.2. The molecule has 2 aromatic heterocycles. The molecular formula is C10H13N5O. The fourth-order valence-electron chi connectivity index (χ4n) is 1.21. The maximum absolute atomic E-state index is 5.42. The molecule has 0 atom stereocenters. The predicted octanol–water partition coefficient (Wildman–Crippen LogP) is 1.28. The van der Waals surface area contributed by atoms with E-state index in [1.54, 1.807) is 6.20 Å². The average Bonchev–Trinajstić information content (AvgIpc) is 2.58. The molecule has 0 saturated carbocycles. The SMILES string of the molecule is Cc1nc(CNc2cnc(N)cn2)oc1C. The van der Waals surface area contributed by atoms with Crippen molar-refractivity contribution in [2.45, 2.75) is 20.4 Å². The molecule has 0 aliphatic heterocycles. The van der Waals surface area contributed by atoms with Crippen molar-refractivity contribution >= 4 is 11.6 Å². The minimum atomic E-state index is 0.397. The van der Waals surface area contributed by atoms with Gasteiger partial charge in [0, 0.05) is 0 Å². The monoisotopic (exact) mass is 219 g/mol. The van der Waals surface area contributed by atoms with Gasteiger partial charge in [-0.3, -0.25) is 0 Å². The molecule has 3 N–H and O–H groups in total. The molecule has 0 aliphatic carbocycles. The van der Waals surface area contributed by atoms with Gasteiger partial charge in [-0.2, -0.15) is 0 Å². The van der Waals surface area contributed by atoms with Gasteiger partial charge in [0.25, 0.3) is 0 Å². The highest BCUT2D eigenvalue weighted by Crippen LogP contribution is 2.10. The Morgan fingerprint density at radius 2 is 2.12 bits per heavy atom. The fourth-order valence-corrected chi connectivity index (χ4v) is 1.21. The molecule has 0 fully saturated rings. The fraction of sp³-hybridized carbons (Fsp3) is 0.300. The Morgan fingerprint density at radius 1 is 1.31 bits per heavy atom. The molecule has 6 heteroatoms. The zero-order valence-corrected chi connectivity index (χ0v) is 9.19. The lowest BCUT2D eigenvalue weighted by atomic mass is 10.4. The van der Waals surface area contributed by atoms with Crippen molar-refractivity contribution < 1.29 is 4.42 Å². The molecule has 0 radical (unpaired) electrons. The van der Waals surface area contributed by atoms with Crippen LogP contribution in [0.15, 0.2) is 16.8 Å². The van der Waals surface area contributed by atoms with Crippen molar-refractivity contribution in [2.75, 3.05) is 11.1 Å². The first-order chi connectivity index (χ1) is 7.65. The molecule has 0 saturated heterocycles. The number of hydrogen-bond acceptors (Lipinski definition) is 6. The van der Waals surface area contributed by atoms with Gasteiger partial charge in [0.1, 0.15) is 17.4 Å². The Balaban J connectivity index is 1.99. The number of anilines is 2. The minimum absolute atomic E-state index is 0.397. The number of hydrogen-bond donors (Lipinski definition) is 2. The van der Waals surface area contributed by atoms with Crippen LogP contribution in [0.4, 0.5) is 11.6 Å². The molecule has 0 bridgehead atoms. The molecule has 2 aromatic rings. The van der Waals surface area contributed by atoms with Crippen molar-refractivity contribution in [2.24, 2.45) is 0 Å². The van der Waals surface area contributed by atoms with E-state index in [1.807, 2.05) is 13.8 Å². The van der Waals surface area contributed by atoms with Gasteiger partial charge in [-0.05, 0) is 13.8 Å². The maximum atomic E-state index is 5.42. The van der Waals surface area contributed by atoms with E-state index in [9.17, 15) is 0 Å². The quantitative estimate of drug-likeness (QED) is 0.808. The summed E-state index contributed by atoms with van der Waals surface area (Å²) in [6.45, 7) is 4.27. The first kappa shape index (κ1) is 10.4. The molecular weight excluding hydrogens is 206 g/mol. The van der Waals surface area contributed by atoms with Crippen LogP contribution in [-0.4, -0.2) is 15.0 Å². The van der Waals surface area contributed by atoms with E-state index in [1.165, 1.54) is 6.20 Å². The van der Waals surface area contributed by atoms with Gasteiger partial charge in [0.15, 0.2) is 0 Å². The lowest BCUT2D eigenvalue weighted by Gasteiger charge is -2.01. The lowest BCUT2D eigenvalue weighted by Crippen LogP contribution is -2.03. The number of aromatic nitrogens is 3. The second kappa shape index (κ2) is 4.18. The maximum Gasteiger partial charge on any atom is 0.213 e. The zero-order chi connectivity index (χ0) is 11.5. The Bertz CT molecular complexity index is 457. The van der Waals surface area contributed by atoms with E-state index < -0.39 is 0 Å². The van der Waals surface area contributed by atoms with Gasteiger partial charge in [0.2, 0.25) is 5.89 Å². The second-order valence-electron chi connectivity index (χ2n) is 3.43. The van der Waals surface area contributed by atoms with Crippen molar-refractivity contribution in [1.82, 2.24) is 15.0 Å². The van der Waals surface area contributed by atoms with Crippen LogP contribution in [0.25, 0.3) is 0 Å². The highest BCUT2D eigenvalue weighted by molar-refractivity contribution is 5.35. The van der Waals surface area contributed by atoms with Crippen LogP contribution in [0.2, 0.25) is 0 Å². The van der Waals surface area contributed by atoms with Gasteiger partial charge < -0.3 is 15.5 Å². The van der Waals surface area contributed by atoms with Crippen LogP contribution in [-0.2, 0) is 6.54 Å². The molecule has 16 heavy (non-hydrogen) atoms. The summed E-state index contributed by atoms with van der Waals surface area (Å²) in [5, 5.41) is 3.04. The number of nitrogens with zero attached hydrogens (tertiary/aromatic N) is 3. The predicted molar refractivity (Wildman–Crippen MR) is 59.7 cm³/mol. The van der Waals surface area contributed by atoms with E-state index in [2.05, 4.69) is 20.3 Å². The third kappa shape index (κ3) is 2.28. The summed E-state index contributed by atoms with van der Waals surface area (Å²) in [6.07, 6.45) is 3.06. The number of rotatable bonds is 3. The molecule has 2 rings (SSSR count). The molecule has 0 aliphatic rings. The third-order valence-corrected chi connectivity index (χ3v) is 2.17. The normalized spacial score (nSPS) is 10.4. The molecule has 2 heterocycles. The summed E-state index contributed by atoms with van der Waals surface area (Å²) in [6, 6.07) is 0. The largest absolute Gasteiger partial charge is 0.444 e. The Kier molecular flexibility index (Phi) is 2.72. The number of nitrogens with two attached hydrogens (primary N) is 1. The van der Waals surface area contributed by atoms with Gasteiger partial charge in [-0.15, -0.1) is 0 Å². The van der Waals surface area contributed by atoms with Gasteiger partial charge in [0.05, 0.1) is 24.6 Å². The molecule has 6 nitrogen and oxygen atoms in total. The van der Waals surface area contributed by atoms with Crippen LogP contribution < -0.4 is 11.1 Å². The van der Waals surface area contributed by atoms with Crippen LogP contribution in [0.5, 0.6) is 0 Å². The first-order valence-corrected chi connectivity index (χ1v) is 4.89. The highest BCUT2D eigenvalue weighted by atomic mass is 16.4. The van der Waals surface area contributed by atoms with E-state index in [0.29, 0.717) is 24.1 Å². The standard InChI is InChI=1S/C10H13N5O/c1-6-7(2)16-10(15-6)5-14-9-4-12-8(11)3-13-9/h3-4H,5H2,1-2H3,(H2,11,12)(H,13,14). The van der Waals surface area contributed by atoms with Gasteiger partial charge in [-0.1, -0.05) is 0 Å². The first-order valence-electron chi connectivity index (χ1n) is 4.89. The third-order valence-electron chi connectivity index (χ3n) is 2.17. The van der Waals surface area contributed by atoms with Gasteiger partial charge >= 0.3 is 0 Å². The molecule has 84 valence electrons. The molecule has 0 amide bonds. The van der Waals surface area contributed by atoms with Crippen LogP contribution in [0.1, 0.15) is 17.3 Å². The smallest absolute Gasteiger partial charge is 0.213 e. The Hall–Kier alpha value is -2.11. The summed E-state index contributed by atoms with van der Waals surface area (Å²) in [7, 11) is 0. The van der Waals surface area contributed by atoms with Crippen LogP contribution in [0, 0.1) is 13.8 Å². The van der Waals surface area contributed by atoms with Crippen LogP contribution >= 0.6 is 0 Å². The number of oxazole rings is 1. The van der Waals surface area contributed by atoms with E-state index in [0.717, 1.165) is 11.5 Å². The summed E-state index contributed by atoms with van der Waals surface area (Å²) >= 11 is 0. The summed E-state index contributed by atoms with van der Waals surface area (Å²) in [5.74, 6) is 2.50. The van der Waals surface area contributed by atoms with E-state index in [-0.39, 0.29) is 0 Å². The average molecular weight is 219 g/mol. The summed E-state index contributed by atoms with van der Waals surface area (Å²) < 4.78 is 5.41. The molecule has 0 aromatic carbocycles. The Morgan fingerprint density at radius 3 is 2.69 bits per heavy atom. The van der Waals surface area contributed by atoms with Crippen molar-refractivity contribution in [3.05, 3.63) is 29.7 Å². The van der Waals surface area contributed by atoms with E-state index in [4.69, 9.17) is 10.2 Å². The number of aryl methyl sites for hydroxylation is 2. The molecule has 0 unspecified atom stereocenters.